The van der Waals surface area contributed by atoms with Crippen molar-refractivity contribution in [2.45, 2.75) is 4.90 Å². The van der Waals surface area contributed by atoms with E-state index < -0.39 is 59.6 Å². The first-order valence-electron chi connectivity index (χ1n) is 5.58. The van der Waals surface area contributed by atoms with E-state index in [-0.39, 0.29) is 0 Å². The van der Waals surface area contributed by atoms with E-state index in [0.29, 0.717) is 0 Å². The number of carbonyl (C=O) groups excluding carboxylic acids is 4. The minimum Gasteiger partial charge on any atom is -0.366 e. The predicted molar refractivity (Wildman–Crippen MR) is 74.1 cm³/mol. The van der Waals surface area contributed by atoms with Crippen LogP contribution in [0.2, 0.25) is 0 Å². The molecule has 2 amide bonds. The molecular weight excluding hydrogens is 336 g/mol. The number of benzene rings is 1. The standard InChI is InChI=1S/C12H7ClN2O6S/c13-22(20,21)5-3-1-2-4-6(5)7(11(14)18)8(12(15)19)10(17)9(4)16/h1-3H,(H2,14,18)(H2,15,19). The van der Waals surface area contributed by atoms with Gasteiger partial charge in [0.15, 0.2) is 0 Å². The molecule has 0 bridgehead atoms. The number of hydrogen-bond acceptors (Lipinski definition) is 6. The Morgan fingerprint density at radius 2 is 1.50 bits per heavy atom. The Bertz CT molecular complexity index is 900. The first-order chi connectivity index (χ1) is 10.1. The normalized spacial score (nSPS) is 14.8. The first kappa shape index (κ1) is 15.9. The fourth-order valence-corrected chi connectivity index (χ4v) is 3.22. The molecule has 1 aliphatic rings. The molecule has 0 spiro atoms. The number of nitrogens with two attached hydrogens (primary N) is 2. The Balaban J connectivity index is 3.08. The summed E-state index contributed by atoms with van der Waals surface area (Å²) in [5.74, 6) is -5.18. The summed E-state index contributed by atoms with van der Waals surface area (Å²) < 4.78 is 23.2. The van der Waals surface area contributed by atoms with Gasteiger partial charge in [-0.1, -0.05) is 12.1 Å². The van der Waals surface area contributed by atoms with Crippen molar-refractivity contribution in [3.05, 3.63) is 34.9 Å². The van der Waals surface area contributed by atoms with Gasteiger partial charge >= 0.3 is 0 Å². The van der Waals surface area contributed by atoms with Crippen molar-refractivity contribution in [3.8, 4) is 0 Å². The average molecular weight is 343 g/mol. The minimum atomic E-state index is -4.39. The van der Waals surface area contributed by atoms with Gasteiger partial charge in [0.1, 0.15) is 5.57 Å². The molecule has 114 valence electrons. The molecule has 0 aliphatic heterocycles. The van der Waals surface area contributed by atoms with E-state index in [1.165, 1.54) is 0 Å². The van der Waals surface area contributed by atoms with E-state index >= 15 is 0 Å². The molecule has 0 fully saturated rings. The van der Waals surface area contributed by atoms with E-state index in [2.05, 4.69) is 0 Å². The fourth-order valence-electron chi connectivity index (χ4n) is 2.14. The van der Waals surface area contributed by atoms with Crippen LogP contribution in [0.4, 0.5) is 0 Å². The van der Waals surface area contributed by atoms with Crippen LogP contribution < -0.4 is 11.5 Å². The van der Waals surface area contributed by atoms with Crippen LogP contribution in [0.3, 0.4) is 0 Å². The zero-order chi connectivity index (χ0) is 16.8. The maximum Gasteiger partial charge on any atom is 0.261 e. The molecule has 0 unspecified atom stereocenters. The molecule has 1 aliphatic carbocycles. The molecule has 1 aromatic rings. The van der Waals surface area contributed by atoms with Crippen LogP contribution >= 0.6 is 10.7 Å². The van der Waals surface area contributed by atoms with Gasteiger partial charge in [-0.25, -0.2) is 8.42 Å². The number of hydrogen-bond donors (Lipinski definition) is 2. The zero-order valence-corrected chi connectivity index (χ0v) is 12.2. The van der Waals surface area contributed by atoms with Gasteiger partial charge in [0.05, 0.1) is 10.5 Å². The van der Waals surface area contributed by atoms with Crippen LogP contribution in [0.25, 0.3) is 5.57 Å². The van der Waals surface area contributed by atoms with Gasteiger partial charge in [-0.05, 0) is 6.07 Å². The zero-order valence-electron chi connectivity index (χ0n) is 10.6. The van der Waals surface area contributed by atoms with E-state index in [4.69, 9.17) is 22.1 Å². The molecule has 0 radical (unpaired) electrons. The minimum absolute atomic E-state index is 0.398. The lowest BCUT2D eigenvalue weighted by molar-refractivity contribution is -0.120. The Morgan fingerprint density at radius 1 is 0.955 bits per heavy atom. The van der Waals surface area contributed by atoms with Gasteiger partial charge in [-0.2, -0.15) is 0 Å². The summed E-state index contributed by atoms with van der Waals surface area (Å²) in [6.45, 7) is 0. The van der Waals surface area contributed by atoms with Crippen molar-refractivity contribution in [2.24, 2.45) is 11.5 Å². The molecule has 8 nitrogen and oxygen atoms in total. The lowest BCUT2D eigenvalue weighted by Gasteiger charge is -2.19. The summed E-state index contributed by atoms with van der Waals surface area (Å²) in [7, 11) is 0.876. The average Bonchev–Trinajstić information content (AvgIpc) is 2.39. The summed E-state index contributed by atoms with van der Waals surface area (Å²) in [5.41, 5.74) is 7.53. The molecule has 0 saturated carbocycles. The number of fused-ring (bicyclic) bond motifs is 1. The summed E-state index contributed by atoms with van der Waals surface area (Å²) >= 11 is 0. The van der Waals surface area contributed by atoms with Crippen LogP contribution in [-0.4, -0.2) is 31.8 Å². The molecule has 0 heterocycles. The molecule has 1 aromatic carbocycles. The van der Waals surface area contributed by atoms with Crippen molar-refractivity contribution >= 4 is 48.7 Å². The second-order valence-electron chi connectivity index (χ2n) is 4.25. The Hall–Kier alpha value is -2.52. The highest BCUT2D eigenvalue weighted by atomic mass is 35.7. The third-order valence-electron chi connectivity index (χ3n) is 2.96. The highest BCUT2D eigenvalue weighted by Gasteiger charge is 2.40. The van der Waals surface area contributed by atoms with Gasteiger partial charge < -0.3 is 11.5 Å². The molecule has 4 N–H and O–H groups in total. The summed E-state index contributed by atoms with van der Waals surface area (Å²) in [4.78, 5) is 46.3. The van der Waals surface area contributed by atoms with Crippen LogP contribution in [0.1, 0.15) is 15.9 Å². The fraction of sp³-hybridized carbons (Fsp3) is 0. The van der Waals surface area contributed by atoms with Crippen LogP contribution in [0.5, 0.6) is 0 Å². The Kier molecular flexibility index (Phi) is 3.63. The van der Waals surface area contributed by atoms with Crippen molar-refractivity contribution in [1.29, 1.82) is 0 Å². The summed E-state index contributed by atoms with van der Waals surface area (Å²) in [6.07, 6.45) is 0. The van der Waals surface area contributed by atoms with Crippen LogP contribution in [0, 0.1) is 0 Å². The quantitative estimate of drug-likeness (QED) is 0.412. The maximum absolute atomic E-state index is 12.0. The molecule has 22 heavy (non-hydrogen) atoms. The predicted octanol–water partition coefficient (Wildman–Crippen LogP) is -0.896. The third-order valence-corrected chi connectivity index (χ3v) is 4.32. The second kappa shape index (κ2) is 5.04. The maximum atomic E-state index is 12.0. The lowest BCUT2D eigenvalue weighted by atomic mass is 9.83. The molecule has 0 atom stereocenters. The van der Waals surface area contributed by atoms with Gasteiger partial charge in [0.2, 0.25) is 17.5 Å². The number of amides is 2. The van der Waals surface area contributed by atoms with Crippen molar-refractivity contribution in [1.82, 2.24) is 0 Å². The highest BCUT2D eigenvalue weighted by molar-refractivity contribution is 8.13. The molecular formula is C12H7ClN2O6S. The third kappa shape index (κ3) is 2.30. The van der Waals surface area contributed by atoms with Gasteiger partial charge in [-0.3, -0.25) is 19.2 Å². The van der Waals surface area contributed by atoms with Crippen LogP contribution in [-0.2, 0) is 23.4 Å². The van der Waals surface area contributed by atoms with E-state index in [9.17, 15) is 27.6 Å². The first-order valence-corrected chi connectivity index (χ1v) is 7.89. The number of carbonyl (C=O) groups is 4. The van der Waals surface area contributed by atoms with E-state index in [0.717, 1.165) is 18.2 Å². The van der Waals surface area contributed by atoms with Crippen molar-refractivity contribution in [2.75, 3.05) is 0 Å². The molecule has 10 heteroatoms. The number of ketones is 2. The Morgan fingerprint density at radius 3 is 1.95 bits per heavy atom. The van der Waals surface area contributed by atoms with Gasteiger partial charge in [0.25, 0.3) is 15.0 Å². The highest BCUT2D eigenvalue weighted by Crippen LogP contribution is 2.35. The molecule has 0 aromatic heterocycles. The Labute approximate surface area is 128 Å². The number of halogens is 1. The largest absolute Gasteiger partial charge is 0.366 e. The van der Waals surface area contributed by atoms with Crippen molar-refractivity contribution in [3.63, 3.8) is 0 Å². The van der Waals surface area contributed by atoms with E-state index in [1.807, 2.05) is 0 Å². The van der Waals surface area contributed by atoms with Crippen LogP contribution in [0.15, 0.2) is 28.7 Å². The number of Topliss-reactive ketones (excluding diaryl/α,β-unsaturated/α-hetero) is 2. The number of primary amides is 2. The summed E-state index contributed by atoms with van der Waals surface area (Å²) in [5, 5.41) is 0. The SMILES string of the molecule is NC(=O)C1=C(C(N)=O)c2c(cccc2S(=O)(=O)Cl)C(=O)C1=O. The molecule has 2 rings (SSSR count). The van der Waals surface area contributed by atoms with Gasteiger partial charge in [-0.15, -0.1) is 0 Å². The van der Waals surface area contributed by atoms with Gasteiger partial charge in [0, 0.05) is 21.8 Å². The second-order valence-corrected chi connectivity index (χ2v) is 6.79. The monoisotopic (exact) mass is 342 g/mol. The lowest BCUT2D eigenvalue weighted by Crippen LogP contribution is -2.35. The number of rotatable bonds is 3. The smallest absolute Gasteiger partial charge is 0.261 e. The molecule has 0 saturated heterocycles. The topological polar surface area (TPSA) is 154 Å². The van der Waals surface area contributed by atoms with E-state index in [1.54, 1.807) is 0 Å². The van der Waals surface area contributed by atoms with Crippen molar-refractivity contribution < 1.29 is 27.6 Å². The summed E-state index contributed by atoms with van der Waals surface area (Å²) in [6, 6.07) is 3.28.